The summed E-state index contributed by atoms with van der Waals surface area (Å²) in [5.74, 6) is -8.94. The van der Waals surface area contributed by atoms with Gasteiger partial charge in [-0.05, 0) is 77.5 Å². The summed E-state index contributed by atoms with van der Waals surface area (Å²) < 4.78 is 0. The lowest BCUT2D eigenvalue weighted by Crippen LogP contribution is -2.75. The highest BCUT2D eigenvalue weighted by Gasteiger charge is 2.69. The van der Waals surface area contributed by atoms with Gasteiger partial charge in [-0.1, -0.05) is 0 Å². The van der Waals surface area contributed by atoms with E-state index in [1.807, 2.05) is 25.1 Å². The minimum Gasteiger partial charge on any atom is -0.507 e. The Balaban J connectivity index is 1.55. The average Bonchev–Trinajstić information content (AvgIpc) is 2.90. The molecular formula is C30H43N5O7. The number of carbonyl (C=O) groups excluding carboxylic acids is 4. The summed E-state index contributed by atoms with van der Waals surface area (Å²) in [4.78, 5) is 59.8. The number of aliphatic hydroxyl groups is 2. The molecule has 2 saturated carbocycles. The monoisotopic (exact) mass is 585 g/mol. The van der Waals surface area contributed by atoms with Crippen molar-refractivity contribution in [2.45, 2.75) is 56.0 Å². The highest BCUT2D eigenvalue weighted by molar-refractivity contribution is 6.25. The Labute approximate surface area is 245 Å². The van der Waals surface area contributed by atoms with E-state index in [2.05, 4.69) is 17.3 Å². The maximum Gasteiger partial charge on any atom is 0.230 e. The molecule has 1 heterocycles. The number of nitrogens with two attached hydrogens (primary N) is 1. The van der Waals surface area contributed by atoms with Crippen molar-refractivity contribution < 1.29 is 34.5 Å². The lowest BCUT2D eigenvalue weighted by Gasteiger charge is -2.55. The van der Waals surface area contributed by atoms with E-state index in [1.165, 1.54) is 0 Å². The number of phenols is 1. The summed E-state index contributed by atoms with van der Waals surface area (Å²) in [6, 6.07) is 1.21. The van der Waals surface area contributed by atoms with Crippen LogP contribution in [0, 0.1) is 23.7 Å². The van der Waals surface area contributed by atoms with Gasteiger partial charge in [0, 0.05) is 49.9 Å². The van der Waals surface area contributed by atoms with Crippen LogP contribution in [0.4, 0.5) is 5.69 Å². The summed E-state index contributed by atoms with van der Waals surface area (Å²) in [6.45, 7) is 2.26. The van der Waals surface area contributed by atoms with Crippen LogP contribution >= 0.6 is 0 Å². The van der Waals surface area contributed by atoms with Crippen LogP contribution in [0.2, 0.25) is 0 Å². The van der Waals surface area contributed by atoms with Gasteiger partial charge < -0.3 is 41.1 Å². The minimum atomic E-state index is -2.67. The number of fused-ring (bicyclic) bond motifs is 3. The number of amides is 1. The highest BCUT2D eigenvalue weighted by Crippen LogP contribution is 2.52. The van der Waals surface area contributed by atoms with Crippen molar-refractivity contribution >= 4 is 28.9 Å². The third kappa shape index (κ3) is 4.64. The van der Waals surface area contributed by atoms with Crippen LogP contribution < -0.4 is 16.0 Å². The molecule has 0 radical (unpaired) electrons. The predicted octanol–water partition coefficient (Wildman–Crippen LogP) is -1.09. The third-order valence-corrected chi connectivity index (χ3v) is 10.1. The number of aliphatic hydroxyl groups excluding tert-OH is 1. The van der Waals surface area contributed by atoms with Crippen molar-refractivity contribution in [2.75, 3.05) is 53.2 Å². The Bertz CT molecular complexity index is 1310. The van der Waals surface area contributed by atoms with E-state index < -0.39 is 64.7 Å². The first-order valence-corrected chi connectivity index (χ1v) is 14.7. The molecule has 12 nitrogen and oxygen atoms in total. The van der Waals surface area contributed by atoms with Gasteiger partial charge in [0.25, 0.3) is 0 Å². The number of Topliss-reactive ketones (excluding diaryl/α,β-unsaturated/α-hetero) is 3. The number of likely N-dealkylation sites (tertiary alicyclic amines) is 1. The van der Waals surface area contributed by atoms with E-state index in [0.29, 0.717) is 17.7 Å². The van der Waals surface area contributed by atoms with Crippen LogP contribution in [0.25, 0.3) is 0 Å². The van der Waals surface area contributed by atoms with Crippen molar-refractivity contribution in [3.8, 4) is 5.75 Å². The number of phenolic OH excluding ortho intramolecular Hbond substituents is 1. The number of benzene rings is 1. The van der Waals surface area contributed by atoms with Crippen molar-refractivity contribution in [1.82, 2.24) is 15.1 Å². The lowest BCUT2D eigenvalue weighted by atomic mass is 9.52. The number of ketones is 3. The number of anilines is 1. The molecule has 1 saturated heterocycles. The molecule has 4 unspecified atom stereocenters. The van der Waals surface area contributed by atoms with E-state index in [4.69, 9.17) is 5.73 Å². The van der Waals surface area contributed by atoms with Gasteiger partial charge in [0.2, 0.25) is 5.91 Å². The zero-order chi connectivity index (χ0) is 30.8. The van der Waals surface area contributed by atoms with Crippen LogP contribution in [0.5, 0.6) is 5.75 Å². The van der Waals surface area contributed by atoms with E-state index >= 15 is 0 Å². The zero-order valence-corrected chi connectivity index (χ0v) is 25.0. The van der Waals surface area contributed by atoms with Crippen LogP contribution in [0.15, 0.2) is 6.07 Å². The van der Waals surface area contributed by atoms with Gasteiger partial charge in [0.1, 0.15) is 11.7 Å². The van der Waals surface area contributed by atoms with E-state index in [1.54, 1.807) is 19.0 Å². The van der Waals surface area contributed by atoms with Crippen LogP contribution in [-0.4, -0.2) is 120 Å². The molecule has 4 aliphatic rings. The maximum absolute atomic E-state index is 14.2. The molecule has 42 heavy (non-hydrogen) atoms. The smallest absolute Gasteiger partial charge is 0.230 e. The summed E-state index contributed by atoms with van der Waals surface area (Å²) in [7, 11) is 9.04. The van der Waals surface area contributed by atoms with Crippen molar-refractivity contribution in [1.29, 1.82) is 0 Å². The summed E-state index contributed by atoms with van der Waals surface area (Å²) in [5, 5.41) is 37.8. The fourth-order valence-corrected chi connectivity index (χ4v) is 7.92. The fourth-order valence-electron chi connectivity index (χ4n) is 7.92. The molecule has 12 heteroatoms. The summed E-state index contributed by atoms with van der Waals surface area (Å²) in [6.07, 6.45) is 0.748. The molecule has 5 rings (SSSR count). The predicted molar refractivity (Wildman–Crippen MR) is 154 cm³/mol. The van der Waals surface area contributed by atoms with E-state index in [0.717, 1.165) is 31.6 Å². The Hall–Kier alpha value is -2.90. The second-order valence-electron chi connectivity index (χ2n) is 13.1. The first-order valence-electron chi connectivity index (χ1n) is 14.7. The van der Waals surface area contributed by atoms with Crippen molar-refractivity contribution in [3.63, 3.8) is 0 Å². The summed E-state index contributed by atoms with van der Waals surface area (Å²) in [5.41, 5.74) is 4.72. The molecule has 0 aromatic heterocycles. The minimum absolute atomic E-state index is 0.0388. The number of hydrogen-bond acceptors (Lipinski definition) is 11. The molecule has 3 aliphatic carbocycles. The number of hydrogen-bond donors (Lipinski definition) is 5. The quantitative estimate of drug-likeness (QED) is 0.256. The van der Waals surface area contributed by atoms with Crippen LogP contribution in [-0.2, 0) is 27.3 Å². The largest absolute Gasteiger partial charge is 0.507 e. The average molecular weight is 586 g/mol. The molecule has 230 valence electrons. The molecule has 1 amide bonds. The Morgan fingerprint density at radius 3 is 2.36 bits per heavy atom. The number of piperidine rings is 1. The topological polar surface area (TPSA) is 177 Å². The normalized spacial score (nSPS) is 33.8. The lowest BCUT2D eigenvalue weighted by molar-refractivity contribution is -0.190. The molecule has 3 fully saturated rings. The Morgan fingerprint density at radius 1 is 1.14 bits per heavy atom. The Kier molecular flexibility index (Phi) is 7.99. The molecule has 7 atom stereocenters. The van der Waals surface area contributed by atoms with Gasteiger partial charge in [0.05, 0.1) is 17.6 Å². The van der Waals surface area contributed by atoms with Gasteiger partial charge in [-0.2, -0.15) is 0 Å². The van der Waals surface area contributed by atoms with Crippen LogP contribution in [0.1, 0.15) is 40.7 Å². The number of likely N-dealkylation sites (N-methyl/N-ethyl adjacent to an activating group) is 1. The third-order valence-electron chi connectivity index (χ3n) is 10.1. The molecule has 1 aliphatic heterocycles. The SMILES string of the molecule is CN1CCC(NCc2cc(N(C)C)c3c(c2O)C(=O)C2C(=O)[C@@]4(O)C(=O)C(C(N)=O)C(O)C(N(C)C)[C@H]4C[C@H]2C3)CC1. The second-order valence-corrected chi connectivity index (χ2v) is 13.1. The highest BCUT2D eigenvalue weighted by atomic mass is 16.3. The number of carbonyl (C=O) groups is 4. The molecule has 0 spiro atoms. The van der Waals surface area contributed by atoms with Gasteiger partial charge in [-0.3, -0.25) is 19.2 Å². The number of aromatic hydroxyl groups is 1. The first-order chi connectivity index (χ1) is 19.7. The van der Waals surface area contributed by atoms with Gasteiger partial charge in [-0.25, -0.2) is 0 Å². The molecular weight excluding hydrogens is 542 g/mol. The number of nitrogens with zero attached hydrogens (tertiary/aromatic N) is 3. The molecule has 1 aromatic carbocycles. The maximum atomic E-state index is 14.2. The van der Waals surface area contributed by atoms with Gasteiger partial charge in [0.15, 0.2) is 23.0 Å². The van der Waals surface area contributed by atoms with E-state index in [-0.39, 0.29) is 30.2 Å². The number of primary amides is 1. The summed E-state index contributed by atoms with van der Waals surface area (Å²) >= 11 is 0. The molecule has 6 N–H and O–H groups in total. The second kappa shape index (κ2) is 11.0. The van der Waals surface area contributed by atoms with E-state index in [9.17, 15) is 34.5 Å². The molecule has 0 bridgehead atoms. The molecule has 1 aromatic rings. The fraction of sp³-hybridized carbons (Fsp3) is 0.667. The standard InChI is InChI=1S/C30H43N5O7/c1-33(2)19-12-15(13-32-16-6-8-35(5)9-7-16)24(36)21-17(19)10-14-11-18-23(34(3)4)26(38)22(29(31)41)28(40)30(18,42)27(39)20(14)25(21)37/h12,14,16,18,20,22-23,26,32,36,38,42H,6-11,13H2,1-5H3,(H2,31,41)/t14-,18-,20?,22?,23?,26?,30-/m1/s1. The van der Waals surface area contributed by atoms with Crippen LogP contribution in [0.3, 0.4) is 0 Å². The Morgan fingerprint density at radius 2 is 1.79 bits per heavy atom. The van der Waals surface area contributed by atoms with Gasteiger partial charge >= 0.3 is 0 Å². The zero-order valence-electron chi connectivity index (χ0n) is 25.0. The van der Waals surface area contributed by atoms with Crippen molar-refractivity contribution in [2.24, 2.45) is 29.4 Å². The number of nitrogens with one attached hydrogen (secondary N) is 1. The van der Waals surface area contributed by atoms with Crippen molar-refractivity contribution in [3.05, 3.63) is 22.8 Å². The number of rotatable bonds is 6. The first kappa shape index (κ1) is 30.6. The van der Waals surface area contributed by atoms with Gasteiger partial charge in [-0.15, -0.1) is 0 Å².